The third-order valence-electron chi connectivity index (χ3n) is 5.17. The minimum absolute atomic E-state index is 0.0112. The van der Waals surface area contributed by atoms with Crippen molar-refractivity contribution in [3.63, 3.8) is 0 Å². The molecular weight excluding hydrogens is 340 g/mol. The molecule has 0 aliphatic carbocycles. The van der Waals surface area contributed by atoms with Crippen LogP contribution in [0.25, 0.3) is 0 Å². The van der Waals surface area contributed by atoms with Crippen LogP contribution in [0, 0.1) is 20.8 Å². The van der Waals surface area contributed by atoms with Crippen molar-refractivity contribution in [2.75, 3.05) is 45.1 Å². The van der Waals surface area contributed by atoms with Crippen LogP contribution in [0.4, 0.5) is 5.69 Å². The average molecular weight is 375 g/mol. The van der Waals surface area contributed by atoms with Crippen LogP contribution < -0.4 is 10.6 Å². The highest BCUT2D eigenvalue weighted by molar-refractivity contribution is 5.94. The van der Waals surface area contributed by atoms with E-state index in [1.807, 2.05) is 20.8 Å². The first-order chi connectivity index (χ1) is 12.8. The van der Waals surface area contributed by atoms with Crippen LogP contribution in [0.5, 0.6) is 0 Å². The Morgan fingerprint density at radius 3 is 2.19 bits per heavy atom. The van der Waals surface area contributed by atoms with Crippen LogP contribution in [-0.2, 0) is 9.59 Å². The molecule has 0 spiro atoms. The maximum atomic E-state index is 12.4. The average Bonchev–Trinajstić information content (AvgIpc) is 2.58. The largest absolute Gasteiger partial charge is 0.352 e. The van der Waals surface area contributed by atoms with E-state index in [4.69, 9.17) is 0 Å². The van der Waals surface area contributed by atoms with Gasteiger partial charge in [-0.3, -0.25) is 14.5 Å². The minimum atomic E-state index is -0.100. The Hall–Kier alpha value is -1.92. The lowest BCUT2D eigenvalue weighted by atomic mass is 10.1. The van der Waals surface area contributed by atoms with Gasteiger partial charge in [-0.25, -0.2) is 0 Å². The third-order valence-corrected chi connectivity index (χ3v) is 5.17. The summed E-state index contributed by atoms with van der Waals surface area (Å²) in [6.45, 7) is 11.8. The number of hydrogen-bond donors (Lipinski definition) is 2. The van der Waals surface area contributed by atoms with Gasteiger partial charge >= 0.3 is 0 Å². The summed E-state index contributed by atoms with van der Waals surface area (Å²) < 4.78 is 0. The molecule has 0 saturated carbocycles. The van der Waals surface area contributed by atoms with Crippen molar-refractivity contribution in [1.29, 1.82) is 0 Å². The van der Waals surface area contributed by atoms with Crippen LogP contribution in [-0.4, -0.2) is 67.4 Å². The fourth-order valence-corrected chi connectivity index (χ4v) is 3.77. The fraction of sp³-hybridized carbons (Fsp3) is 0.619. The number of likely N-dealkylation sites (N-methyl/N-ethyl adjacent to an activating group) is 1. The molecule has 1 aromatic carbocycles. The van der Waals surface area contributed by atoms with Crippen molar-refractivity contribution >= 4 is 17.5 Å². The first-order valence-corrected chi connectivity index (χ1v) is 9.86. The molecule has 27 heavy (non-hydrogen) atoms. The topological polar surface area (TPSA) is 64.7 Å². The summed E-state index contributed by atoms with van der Waals surface area (Å²) in [5.41, 5.74) is 4.16. The summed E-state index contributed by atoms with van der Waals surface area (Å²) in [5, 5.41) is 6.09. The molecule has 1 aliphatic rings. The van der Waals surface area contributed by atoms with Gasteiger partial charge in [0.15, 0.2) is 0 Å². The summed E-state index contributed by atoms with van der Waals surface area (Å²) >= 11 is 0. The van der Waals surface area contributed by atoms with Gasteiger partial charge in [0.1, 0.15) is 0 Å². The Morgan fingerprint density at radius 2 is 1.63 bits per heavy atom. The molecule has 0 radical (unpaired) electrons. The fourth-order valence-electron chi connectivity index (χ4n) is 3.77. The van der Waals surface area contributed by atoms with E-state index in [0.29, 0.717) is 0 Å². The molecule has 2 amide bonds. The second kappa shape index (κ2) is 9.85. The van der Waals surface area contributed by atoms with E-state index < -0.39 is 0 Å². The van der Waals surface area contributed by atoms with Gasteiger partial charge in [-0.05, 0) is 58.3 Å². The van der Waals surface area contributed by atoms with Gasteiger partial charge in [0, 0.05) is 24.8 Å². The number of amides is 2. The van der Waals surface area contributed by atoms with Crippen LogP contribution in [0.1, 0.15) is 36.5 Å². The summed E-state index contributed by atoms with van der Waals surface area (Å²) in [6, 6.07) is 4.37. The van der Waals surface area contributed by atoms with E-state index >= 15 is 0 Å². The first-order valence-electron chi connectivity index (χ1n) is 9.86. The summed E-state index contributed by atoms with van der Waals surface area (Å²) in [7, 11) is 1.80. The third kappa shape index (κ3) is 6.63. The molecule has 0 aromatic heterocycles. The molecule has 150 valence electrons. The van der Waals surface area contributed by atoms with Gasteiger partial charge in [-0.2, -0.15) is 0 Å². The number of hydrogen-bond acceptors (Lipinski definition) is 4. The number of carbonyl (C=O) groups is 2. The zero-order valence-electron chi connectivity index (χ0n) is 17.4. The van der Waals surface area contributed by atoms with Gasteiger partial charge in [-0.1, -0.05) is 24.6 Å². The predicted octanol–water partition coefficient (Wildman–Crippen LogP) is 2.08. The van der Waals surface area contributed by atoms with E-state index in [1.165, 1.54) is 5.56 Å². The summed E-state index contributed by atoms with van der Waals surface area (Å²) in [6.07, 6.45) is 1.99. The standard InChI is InChI=1S/C21H34N4O2/c1-6-25-9-7-18(8-10-25)22-19(26)13-24(5)14-20(27)23-21-16(3)11-15(2)12-17(21)4/h11-12,18H,6-10,13-14H2,1-5H3,(H,22,26)(H,23,27). The normalized spacial score (nSPS) is 15.8. The van der Waals surface area contributed by atoms with Crippen molar-refractivity contribution < 1.29 is 9.59 Å². The summed E-state index contributed by atoms with van der Waals surface area (Å²) in [5.74, 6) is -0.112. The minimum Gasteiger partial charge on any atom is -0.352 e. The Morgan fingerprint density at radius 1 is 1.07 bits per heavy atom. The molecule has 2 N–H and O–H groups in total. The zero-order valence-corrected chi connectivity index (χ0v) is 17.4. The molecule has 1 heterocycles. The van der Waals surface area contributed by atoms with Crippen LogP contribution >= 0.6 is 0 Å². The van der Waals surface area contributed by atoms with Crippen molar-refractivity contribution in [2.24, 2.45) is 0 Å². The molecule has 0 bridgehead atoms. The van der Waals surface area contributed by atoms with E-state index in [0.717, 1.165) is 49.3 Å². The number of anilines is 1. The molecule has 2 rings (SSSR count). The maximum Gasteiger partial charge on any atom is 0.238 e. The zero-order chi connectivity index (χ0) is 20.0. The lowest BCUT2D eigenvalue weighted by Gasteiger charge is -2.31. The Labute approximate surface area is 163 Å². The van der Waals surface area contributed by atoms with Crippen LogP contribution in [0.2, 0.25) is 0 Å². The number of rotatable bonds is 7. The highest BCUT2D eigenvalue weighted by Gasteiger charge is 2.20. The van der Waals surface area contributed by atoms with E-state index in [1.54, 1.807) is 11.9 Å². The Kier molecular flexibility index (Phi) is 7.80. The second-order valence-electron chi connectivity index (χ2n) is 7.77. The number of nitrogens with one attached hydrogen (secondary N) is 2. The molecule has 6 nitrogen and oxygen atoms in total. The number of benzene rings is 1. The SMILES string of the molecule is CCN1CCC(NC(=O)CN(C)CC(=O)Nc2c(C)cc(C)cc2C)CC1. The summed E-state index contributed by atoms with van der Waals surface area (Å²) in [4.78, 5) is 28.8. The molecule has 1 saturated heterocycles. The highest BCUT2D eigenvalue weighted by Crippen LogP contribution is 2.21. The van der Waals surface area contributed by atoms with Crippen LogP contribution in [0.15, 0.2) is 12.1 Å². The molecule has 0 atom stereocenters. The van der Waals surface area contributed by atoms with Crippen LogP contribution in [0.3, 0.4) is 0 Å². The molecule has 1 aliphatic heterocycles. The van der Waals surface area contributed by atoms with Crippen molar-refractivity contribution in [3.8, 4) is 0 Å². The lowest BCUT2D eigenvalue weighted by Crippen LogP contribution is -2.47. The van der Waals surface area contributed by atoms with Crippen molar-refractivity contribution in [1.82, 2.24) is 15.1 Å². The van der Waals surface area contributed by atoms with Gasteiger partial charge in [0.25, 0.3) is 0 Å². The van der Waals surface area contributed by atoms with Gasteiger partial charge in [0.05, 0.1) is 13.1 Å². The van der Waals surface area contributed by atoms with E-state index in [-0.39, 0.29) is 30.9 Å². The first kappa shape index (κ1) is 21.4. The van der Waals surface area contributed by atoms with Gasteiger partial charge in [-0.15, -0.1) is 0 Å². The van der Waals surface area contributed by atoms with Crippen molar-refractivity contribution in [3.05, 3.63) is 28.8 Å². The molecule has 0 unspecified atom stereocenters. The molecular formula is C21H34N4O2. The molecule has 1 aromatic rings. The molecule has 6 heteroatoms. The maximum absolute atomic E-state index is 12.4. The lowest BCUT2D eigenvalue weighted by molar-refractivity contribution is -0.123. The molecule has 1 fully saturated rings. The quantitative estimate of drug-likeness (QED) is 0.767. The van der Waals surface area contributed by atoms with Gasteiger partial charge < -0.3 is 15.5 Å². The number of nitrogens with zero attached hydrogens (tertiary/aromatic N) is 2. The Balaban J connectivity index is 1.77. The smallest absolute Gasteiger partial charge is 0.238 e. The number of aryl methyl sites for hydroxylation is 3. The monoisotopic (exact) mass is 374 g/mol. The van der Waals surface area contributed by atoms with Crippen molar-refractivity contribution in [2.45, 2.75) is 46.6 Å². The second-order valence-corrected chi connectivity index (χ2v) is 7.77. The number of carbonyl (C=O) groups excluding carboxylic acids is 2. The highest BCUT2D eigenvalue weighted by atomic mass is 16.2. The Bertz CT molecular complexity index is 643. The predicted molar refractivity (Wildman–Crippen MR) is 110 cm³/mol. The van der Waals surface area contributed by atoms with E-state index in [2.05, 4.69) is 34.6 Å². The number of likely N-dealkylation sites (tertiary alicyclic amines) is 1. The number of piperidine rings is 1. The van der Waals surface area contributed by atoms with Gasteiger partial charge in [0.2, 0.25) is 11.8 Å². The van der Waals surface area contributed by atoms with E-state index in [9.17, 15) is 9.59 Å².